The summed E-state index contributed by atoms with van der Waals surface area (Å²) in [6.45, 7) is 5.09. The van der Waals surface area contributed by atoms with E-state index in [1.165, 1.54) is 0 Å². The zero-order valence-corrected chi connectivity index (χ0v) is 14.9. The van der Waals surface area contributed by atoms with Crippen molar-refractivity contribution in [3.05, 3.63) is 35.4 Å². The Morgan fingerprint density at radius 2 is 1.84 bits per heavy atom. The number of rotatable bonds is 8. The number of likely N-dealkylation sites (tertiary alicyclic amines) is 1. The topological polar surface area (TPSA) is 86.7 Å². The summed E-state index contributed by atoms with van der Waals surface area (Å²) in [5.74, 6) is -0.995. The van der Waals surface area contributed by atoms with Gasteiger partial charge >= 0.3 is 5.97 Å². The van der Waals surface area contributed by atoms with Crippen LogP contribution >= 0.6 is 0 Å². The van der Waals surface area contributed by atoms with Crippen LogP contribution < -0.4 is 5.32 Å². The smallest absolute Gasteiger partial charge is 0.311 e. The molecular formula is C19H26N2O4. The standard InChI is InChI=1S/C19H26N2O4/c1-3-19(4-2,18(24)25)13-20-17(23)15-9-7-14(8-10-15)12-21-11-5-6-16(21)22/h7-10H,3-6,11-13H2,1-2H3,(H,20,23)(H,24,25). The summed E-state index contributed by atoms with van der Waals surface area (Å²) in [4.78, 5) is 37.2. The number of hydrogen-bond acceptors (Lipinski definition) is 3. The van der Waals surface area contributed by atoms with Crippen LogP contribution in [-0.2, 0) is 16.1 Å². The Hall–Kier alpha value is -2.37. The fraction of sp³-hybridized carbons (Fsp3) is 0.526. The van der Waals surface area contributed by atoms with Gasteiger partial charge in [0.15, 0.2) is 0 Å². The molecule has 1 aliphatic rings. The van der Waals surface area contributed by atoms with Gasteiger partial charge in [0.2, 0.25) is 5.91 Å². The Kier molecular flexibility index (Phi) is 6.17. The van der Waals surface area contributed by atoms with Gasteiger partial charge in [-0.2, -0.15) is 0 Å². The van der Waals surface area contributed by atoms with E-state index in [4.69, 9.17) is 0 Å². The van der Waals surface area contributed by atoms with Gasteiger partial charge in [-0.15, -0.1) is 0 Å². The second kappa shape index (κ2) is 8.14. The molecule has 2 amide bonds. The summed E-state index contributed by atoms with van der Waals surface area (Å²) in [6.07, 6.45) is 2.43. The molecule has 1 saturated heterocycles. The third-order valence-electron chi connectivity index (χ3n) is 5.16. The first kappa shape index (κ1) is 19.0. The van der Waals surface area contributed by atoms with E-state index in [2.05, 4.69) is 5.32 Å². The number of aliphatic carboxylic acids is 1. The Labute approximate surface area is 148 Å². The normalized spacial score (nSPS) is 14.6. The van der Waals surface area contributed by atoms with Crippen LogP contribution in [0.1, 0.15) is 55.5 Å². The molecule has 2 rings (SSSR count). The van der Waals surface area contributed by atoms with Crippen molar-refractivity contribution >= 4 is 17.8 Å². The molecule has 0 atom stereocenters. The predicted octanol–water partition coefficient (Wildman–Crippen LogP) is 2.43. The first-order valence-electron chi connectivity index (χ1n) is 8.80. The molecule has 25 heavy (non-hydrogen) atoms. The maximum absolute atomic E-state index is 12.3. The van der Waals surface area contributed by atoms with Crippen LogP contribution in [0.2, 0.25) is 0 Å². The number of carbonyl (C=O) groups excluding carboxylic acids is 2. The molecule has 1 heterocycles. The molecule has 0 bridgehead atoms. The lowest BCUT2D eigenvalue weighted by atomic mass is 9.82. The third kappa shape index (κ3) is 4.38. The second-order valence-electron chi connectivity index (χ2n) is 6.59. The number of carboxylic acid groups (broad SMARTS) is 1. The summed E-state index contributed by atoms with van der Waals surface area (Å²) >= 11 is 0. The fourth-order valence-electron chi connectivity index (χ4n) is 3.08. The number of amides is 2. The number of nitrogens with zero attached hydrogens (tertiary/aromatic N) is 1. The lowest BCUT2D eigenvalue weighted by Gasteiger charge is -2.26. The highest BCUT2D eigenvalue weighted by Gasteiger charge is 2.35. The van der Waals surface area contributed by atoms with E-state index in [-0.39, 0.29) is 18.4 Å². The fourth-order valence-corrected chi connectivity index (χ4v) is 3.08. The minimum atomic E-state index is -0.925. The Morgan fingerprint density at radius 1 is 1.20 bits per heavy atom. The van der Waals surface area contributed by atoms with Crippen LogP contribution in [-0.4, -0.2) is 40.9 Å². The average molecular weight is 346 g/mol. The Balaban J connectivity index is 1.96. The molecular weight excluding hydrogens is 320 g/mol. The first-order chi connectivity index (χ1) is 11.9. The monoisotopic (exact) mass is 346 g/mol. The van der Waals surface area contributed by atoms with E-state index in [1.807, 2.05) is 30.9 Å². The van der Waals surface area contributed by atoms with Crippen LogP contribution in [0.4, 0.5) is 0 Å². The minimum Gasteiger partial charge on any atom is -0.481 e. The molecule has 0 aromatic heterocycles. The largest absolute Gasteiger partial charge is 0.481 e. The quantitative estimate of drug-likeness (QED) is 0.757. The predicted molar refractivity (Wildman–Crippen MR) is 94.1 cm³/mol. The Bertz CT molecular complexity index is 635. The van der Waals surface area contributed by atoms with Gasteiger partial charge in [0.05, 0.1) is 5.41 Å². The zero-order valence-electron chi connectivity index (χ0n) is 14.9. The lowest BCUT2D eigenvalue weighted by molar-refractivity contribution is -0.149. The van der Waals surface area contributed by atoms with Crippen LogP contribution in [0.3, 0.4) is 0 Å². The number of benzene rings is 1. The van der Waals surface area contributed by atoms with Gasteiger partial charge < -0.3 is 15.3 Å². The van der Waals surface area contributed by atoms with Gasteiger partial charge in [0, 0.05) is 31.6 Å². The van der Waals surface area contributed by atoms with Crippen molar-refractivity contribution in [2.24, 2.45) is 5.41 Å². The molecule has 1 fully saturated rings. The zero-order chi connectivity index (χ0) is 18.4. The van der Waals surface area contributed by atoms with E-state index < -0.39 is 11.4 Å². The van der Waals surface area contributed by atoms with Crippen molar-refractivity contribution in [2.75, 3.05) is 13.1 Å². The van der Waals surface area contributed by atoms with Gasteiger partial charge in [-0.05, 0) is 37.0 Å². The van der Waals surface area contributed by atoms with Crippen LogP contribution in [0.25, 0.3) is 0 Å². The number of hydrogen-bond donors (Lipinski definition) is 2. The summed E-state index contributed by atoms with van der Waals surface area (Å²) in [5.41, 5.74) is 0.544. The maximum atomic E-state index is 12.3. The van der Waals surface area contributed by atoms with Gasteiger partial charge in [-0.3, -0.25) is 14.4 Å². The van der Waals surface area contributed by atoms with Crippen molar-refractivity contribution < 1.29 is 19.5 Å². The van der Waals surface area contributed by atoms with Crippen molar-refractivity contribution in [1.82, 2.24) is 10.2 Å². The van der Waals surface area contributed by atoms with Crippen LogP contribution in [0, 0.1) is 5.41 Å². The molecule has 0 unspecified atom stereocenters. The van der Waals surface area contributed by atoms with E-state index >= 15 is 0 Å². The summed E-state index contributed by atoms with van der Waals surface area (Å²) in [5, 5.41) is 12.2. The lowest BCUT2D eigenvalue weighted by Crippen LogP contribution is -2.42. The summed E-state index contributed by atoms with van der Waals surface area (Å²) < 4.78 is 0. The maximum Gasteiger partial charge on any atom is 0.311 e. The highest BCUT2D eigenvalue weighted by atomic mass is 16.4. The average Bonchev–Trinajstić information content (AvgIpc) is 3.01. The van der Waals surface area contributed by atoms with Gasteiger partial charge in [0.1, 0.15) is 0 Å². The van der Waals surface area contributed by atoms with Gasteiger partial charge in [0.25, 0.3) is 5.91 Å². The molecule has 6 nitrogen and oxygen atoms in total. The third-order valence-corrected chi connectivity index (χ3v) is 5.16. The van der Waals surface area contributed by atoms with Crippen molar-refractivity contribution in [3.63, 3.8) is 0 Å². The molecule has 1 aliphatic heterocycles. The molecule has 0 radical (unpaired) electrons. The van der Waals surface area contributed by atoms with Crippen LogP contribution in [0.15, 0.2) is 24.3 Å². The summed E-state index contributed by atoms with van der Waals surface area (Å²) in [7, 11) is 0. The van der Waals surface area contributed by atoms with Crippen molar-refractivity contribution in [1.29, 1.82) is 0 Å². The molecule has 0 spiro atoms. The highest BCUT2D eigenvalue weighted by Crippen LogP contribution is 2.25. The van der Waals surface area contributed by atoms with Crippen molar-refractivity contribution in [3.8, 4) is 0 Å². The SMILES string of the molecule is CCC(CC)(CNC(=O)c1ccc(CN2CCCC2=O)cc1)C(=O)O. The number of carbonyl (C=O) groups is 3. The molecule has 0 aliphatic carbocycles. The summed E-state index contributed by atoms with van der Waals surface area (Å²) in [6, 6.07) is 7.10. The van der Waals surface area contributed by atoms with Gasteiger partial charge in [-0.25, -0.2) is 0 Å². The molecule has 136 valence electrons. The van der Waals surface area contributed by atoms with Crippen molar-refractivity contribution in [2.45, 2.75) is 46.1 Å². The van der Waals surface area contributed by atoms with E-state index in [9.17, 15) is 19.5 Å². The number of nitrogens with one attached hydrogen (secondary N) is 1. The minimum absolute atomic E-state index is 0.109. The molecule has 2 N–H and O–H groups in total. The molecule has 0 saturated carbocycles. The molecule has 1 aromatic carbocycles. The van der Waals surface area contributed by atoms with E-state index in [0.29, 0.717) is 31.4 Å². The Morgan fingerprint density at radius 3 is 2.32 bits per heavy atom. The first-order valence-corrected chi connectivity index (χ1v) is 8.80. The number of carboxylic acids is 1. The molecule has 1 aromatic rings. The van der Waals surface area contributed by atoms with E-state index in [1.54, 1.807) is 12.1 Å². The van der Waals surface area contributed by atoms with Gasteiger partial charge in [-0.1, -0.05) is 26.0 Å². The highest BCUT2D eigenvalue weighted by molar-refractivity contribution is 5.94. The molecule has 6 heteroatoms. The van der Waals surface area contributed by atoms with E-state index in [0.717, 1.165) is 18.5 Å². The second-order valence-corrected chi connectivity index (χ2v) is 6.59. The van der Waals surface area contributed by atoms with Crippen LogP contribution in [0.5, 0.6) is 0 Å².